The number of morpholine rings is 1. The molecule has 0 radical (unpaired) electrons. The van der Waals surface area contributed by atoms with Gasteiger partial charge in [-0.25, -0.2) is 4.98 Å². The van der Waals surface area contributed by atoms with Gasteiger partial charge in [0.25, 0.3) is 5.91 Å². The van der Waals surface area contributed by atoms with Crippen LogP contribution in [0, 0.1) is 0 Å². The number of ether oxygens (including phenoxy) is 1. The first-order valence-electron chi connectivity index (χ1n) is 7.63. The van der Waals surface area contributed by atoms with Crippen LogP contribution in [-0.4, -0.2) is 60.2 Å². The lowest BCUT2D eigenvalue weighted by atomic mass is 10.3. The summed E-state index contributed by atoms with van der Waals surface area (Å²) in [5.74, 6) is -0.166. The van der Waals surface area contributed by atoms with E-state index in [1.165, 1.54) is 6.20 Å². The van der Waals surface area contributed by atoms with Gasteiger partial charge in [0.15, 0.2) is 0 Å². The van der Waals surface area contributed by atoms with Crippen molar-refractivity contribution < 1.29 is 9.53 Å². The van der Waals surface area contributed by atoms with Crippen molar-refractivity contribution in [3.8, 4) is 0 Å². The third-order valence-electron chi connectivity index (χ3n) is 3.72. The standard InChI is InChI=1S/C16H20N4O2/c21-16(17-6-3-7-20-8-10-22-11-9-20)15-12-18-13-4-1-2-5-14(13)19-15/h1-2,4-5,12H,3,6-11H2,(H,17,21). The zero-order chi connectivity index (χ0) is 15.2. The lowest BCUT2D eigenvalue weighted by Crippen LogP contribution is -2.38. The Morgan fingerprint density at radius 2 is 2.00 bits per heavy atom. The van der Waals surface area contributed by atoms with Crippen LogP contribution in [0.2, 0.25) is 0 Å². The van der Waals surface area contributed by atoms with Crippen LogP contribution in [0.25, 0.3) is 11.0 Å². The number of aromatic nitrogens is 2. The molecule has 1 N–H and O–H groups in total. The van der Waals surface area contributed by atoms with Gasteiger partial charge in [-0.3, -0.25) is 14.7 Å². The van der Waals surface area contributed by atoms with Crippen LogP contribution in [0.15, 0.2) is 30.5 Å². The Morgan fingerprint density at radius 1 is 1.23 bits per heavy atom. The minimum atomic E-state index is -0.166. The van der Waals surface area contributed by atoms with Crippen molar-refractivity contribution in [2.45, 2.75) is 6.42 Å². The number of hydrogen-bond donors (Lipinski definition) is 1. The number of fused-ring (bicyclic) bond motifs is 1. The molecular weight excluding hydrogens is 280 g/mol. The average molecular weight is 300 g/mol. The molecule has 0 spiro atoms. The van der Waals surface area contributed by atoms with Crippen LogP contribution in [0.4, 0.5) is 0 Å². The van der Waals surface area contributed by atoms with E-state index in [2.05, 4.69) is 20.2 Å². The Balaban J connectivity index is 1.48. The third kappa shape index (κ3) is 3.78. The molecule has 2 aromatic rings. The fourth-order valence-electron chi connectivity index (χ4n) is 2.49. The zero-order valence-electron chi connectivity index (χ0n) is 12.5. The molecular formula is C16H20N4O2. The van der Waals surface area contributed by atoms with Crippen LogP contribution in [-0.2, 0) is 4.74 Å². The van der Waals surface area contributed by atoms with E-state index in [4.69, 9.17) is 4.74 Å². The molecule has 22 heavy (non-hydrogen) atoms. The van der Waals surface area contributed by atoms with E-state index in [0.717, 1.165) is 50.3 Å². The monoisotopic (exact) mass is 300 g/mol. The topological polar surface area (TPSA) is 67.4 Å². The third-order valence-corrected chi connectivity index (χ3v) is 3.72. The fourth-order valence-corrected chi connectivity index (χ4v) is 2.49. The first-order chi connectivity index (χ1) is 10.8. The summed E-state index contributed by atoms with van der Waals surface area (Å²) < 4.78 is 5.31. The number of nitrogens with one attached hydrogen (secondary N) is 1. The van der Waals surface area contributed by atoms with Gasteiger partial charge < -0.3 is 10.1 Å². The van der Waals surface area contributed by atoms with Crippen LogP contribution in [0.5, 0.6) is 0 Å². The highest BCUT2D eigenvalue weighted by Crippen LogP contribution is 2.08. The van der Waals surface area contributed by atoms with Gasteiger partial charge in [0.2, 0.25) is 0 Å². The second-order valence-corrected chi connectivity index (χ2v) is 5.31. The molecule has 1 aliphatic rings. The minimum absolute atomic E-state index is 0.166. The van der Waals surface area contributed by atoms with Crippen LogP contribution >= 0.6 is 0 Å². The van der Waals surface area contributed by atoms with E-state index in [0.29, 0.717) is 12.2 Å². The van der Waals surface area contributed by atoms with Crippen molar-refractivity contribution in [2.24, 2.45) is 0 Å². The first-order valence-corrected chi connectivity index (χ1v) is 7.63. The van der Waals surface area contributed by atoms with E-state index in [9.17, 15) is 4.79 Å². The first kappa shape index (κ1) is 14.9. The normalized spacial score (nSPS) is 15.8. The molecule has 0 aliphatic carbocycles. The molecule has 116 valence electrons. The zero-order valence-corrected chi connectivity index (χ0v) is 12.5. The maximum atomic E-state index is 12.1. The summed E-state index contributed by atoms with van der Waals surface area (Å²) in [7, 11) is 0. The molecule has 0 saturated carbocycles. The SMILES string of the molecule is O=C(NCCCN1CCOCC1)c1cnc2ccccc2n1. The largest absolute Gasteiger partial charge is 0.379 e. The highest BCUT2D eigenvalue weighted by molar-refractivity contribution is 5.93. The Hall–Kier alpha value is -2.05. The Morgan fingerprint density at radius 3 is 2.82 bits per heavy atom. The fraction of sp³-hybridized carbons (Fsp3) is 0.438. The van der Waals surface area contributed by atoms with Crippen LogP contribution < -0.4 is 5.32 Å². The van der Waals surface area contributed by atoms with Gasteiger partial charge in [0, 0.05) is 19.6 Å². The summed E-state index contributed by atoms with van der Waals surface area (Å²) in [6.45, 7) is 5.18. The highest BCUT2D eigenvalue weighted by Gasteiger charge is 2.11. The van der Waals surface area contributed by atoms with Gasteiger partial charge in [0.1, 0.15) is 5.69 Å². The number of rotatable bonds is 5. The molecule has 1 fully saturated rings. The van der Waals surface area contributed by atoms with Crippen molar-refractivity contribution >= 4 is 16.9 Å². The number of carbonyl (C=O) groups excluding carboxylic acids is 1. The van der Waals surface area contributed by atoms with E-state index in [1.54, 1.807) is 0 Å². The van der Waals surface area contributed by atoms with Gasteiger partial charge in [-0.1, -0.05) is 12.1 Å². The molecule has 0 bridgehead atoms. The van der Waals surface area contributed by atoms with E-state index in [-0.39, 0.29) is 5.91 Å². The Labute approximate surface area is 129 Å². The molecule has 2 heterocycles. The number of benzene rings is 1. The molecule has 6 nitrogen and oxygen atoms in total. The summed E-state index contributed by atoms with van der Waals surface area (Å²) in [4.78, 5) is 23.0. The van der Waals surface area contributed by atoms with Crippen LogP contribution in [0.3, 0.4) is 0 Å². The summed E-state index contributed by atoms with van der Waals surface area (Å²) in [6, 6.07) is 7.54. The van der Waals surface area contributed by atoms with Gasteiger partial charge in [0.05, 0.1) is 30.4 Å². The van der Waals surface area contributed by atoms with Crippen molar-refractivity contribution in [3.63, 3.8) is 0 Å². The molecule has 1 aromatic heterocycles. The van der Waals surface area contributed by atoms with Gasteiger partial charge in [-0.2, -0.15) is 0 Å². The highest BCUT2D eigenvalue weighted by atomic mass is 16.5. The summed E-state index contributed by atoms with van der Waals surface area (Å²) >= 11 is 0. The number of para-hydroxylation sites is 2. The van der Waals surface area contributed by atoms with Gasteiger partial charge in [-0.05, 0) is 25.1 Å². The molecule has 1 amide bonds. The number of nitrogens with zero attached hydrogens (tertiary/aromatic N) is 3. The van der Waals surface area contributed by atoms with Crippen molar-refractivity contribution in [2.75, 3.05) is 39.4 Å². The lowest BCUT2D eigenvalue weighted by Gasteiger charge is -2.26. The summed E-state index contributed by atoms with van der Waals surface area (Å²) in [5.41, 5.74) is 1.90. The second kappa shape index (κ2) is 7.29. The van der Waals surface area contributed by atoms with Gasteiger partial charge >= 0.3 is 0 Å². The van der Waals surface area contributed by atoms with Crippen molar-refractivity contribution in [1.82, 2.24) is 20.2 Å². The second-order valence-electron chi connectivity index (χ2n) is 5.31. The molecule has 1 saturated heterocycles. The van der Waals surface area contributed by atoms with Crippen molar-refractivity contribution in [3.05, 3.63) is 36.2 Å². The average Bonchev–Trinajstić information content (AvgIpc) is 2.59. The predicted molar refractivity (Wildman–Crippen MR) is 83.7 cm³/mol. The summed E-state index contributed by atoms with van der Waals surface area (Å²) in [6.07, 6.45) is 2.45. The molecule has 6 heteroatoms. The Kier molecular flexibility index (Phi) is 4.92. The number of carbonyl (C=O) groups is 1. The van der Waals surface area contributed by atoms with Gasteiger partial charge in [-0.15, -0.1) is 0 Å². The minimum Gasteiger partial charge on any atom is -0.379 e. The van der Waals surface area contributed by atoms with E-state index in [1.807, 2.05) is 24.3 Å². The molecule has 1 aromatic carbocycles. The lowest BCUT2D eigenvalue weighted by molar-refractivity contribution is 0.0374. The van der Waals surface area contributed by atoms with E-state index >= 15 is 0 Å². The van der Waals surface area contributed by atoms with Crippen LogP contribution in [0.1, 0.15) is 16.9 Å². The van der Waals surface area contributed by atoms with Crippen molar-refractivity contribution in [1.29, 1.82) is 0 Å². The molecule has 0 unspecified atom stereocenters. The number of hydrogen-bond acceptors (Lipinski definition) is 5. The quantitative estimate of drug-likeness (QED) is 0.837. The maximum absolute atomic E-state index is 12.1. The molecule has 1 aliphatic heterocycles. The maximum Gasteiger partial charge on any atom is 0.271 e. The molecule has 3 rings (SSSR count). The van der Waals surface area contributed by atoms with E-state index < -0.39 is 0 Å². The summed E-state index contributed by atoms with van der Waals surface area (Å²) in [5, 5.41) is 2.90. The number of amides is 1. The predicted octanol–water partition coefficient (Wildman–Crippen LogP) is 1.08. The Bertz CT molecular complexity index is 641. The molecule has 0 atom stereocenters. The smallest absolute Gasteiger partial charge is 0.271 e.